The van der Waals surface area contributed by atoms with Crippen molar-refractivity contribution in [2.24, 2.45) is 11.8 Å². The first-order chi connectivity index (χ1) is 10.2. The number of carbonyl (C=O) groups excluding carboxylic acids is 2. The Bertz CT molecular complexity index is 406. The largest absolute Gasteiger partial charge is 0.341 e. The van der Waals surface area contributed by atoms with Crippen LogP contribution in [0.15, 0.2) is 0 Å². The van der Waals surface area contributed by atoms with Gasteiger partial charge in [-0.2, -0.15) is 0 Å². The molecule has 0 N–H and O–H groups in total. The first-order valence-corrected chi connectivity index (χ1v) is 8.80. The van der Waals surface area contributed by atoms with E-state index >= 15 is 0 Å². The van der Waals surface area contributed by atoms with Crippen molar-refractivity contribution in [2.75, 3.05) is 19.6 Å². The van der Waals surface area contributed by atoms with Crippen LogP contribution in [0.25, 0.3) is 0 Å². The quantitative estimate of drug-likeness (QED) is 0.801. The van der Waals surface area contributed by atoms with Crippen LogP contribution in [-0.4, -0.2) is 47.3 Å². The zero-order valence-electron chi connectivity index (χ0n) is 13.2. The van der Waals surface area contributed by atoms with Crippen molar-refractivity contribution in [1.29, 1.82) is 0 Å². The molecule has 2 atom stereocenters. The second-order valence-electron chi connectivity index (χ2n) is 6.99. The van der Waals surface area contributed by atoms with Gasteiger partial charge in [0.05, 0.1) is 0 Å². The maximum absolute atomic E-state index is 12.8. The SMILES string of the molecule is CCC1CCCN(C(=O)C2CCCN2C(=O)C2CC2)CC1. The van der Waals surface area contributed by atoms with Gasteiger partial charge in [-0.05, 0) is 50.9 Å². The van der Waals surface area contributed by atoms with E-state index in [0.29, 0.717) is 0 Å². The molecule has 4 nitrogen and oxygen atoms in total. The zero-order valence-corrected chi connectivity index (χ0v) is 13.2. The summed E-state index contributed by atoms with van der Waals surface area (Å²) in [7, 11) is 0. The first kappa shape index (κ1) is 14.9. The van der Waals surface area contributed by atoms with Gasteiger partial charge in [-0.1, -0.05) is 13.3 Å². The van der Waals surface area contributed by atoms with Gasteiger partial charge in [0.1, 0.15) is 6.04 Å². The monoisotopic (exact) mass is 292 g/mol. The first-order valence-electron chi connectivity index (χ1n) is 8.80. The summed E-state index contributed by atoms with van der Waals surface area (Å²) in [5.41, 5.74) is 0. The van der Waals surface area contributed by atoms with E-state index in [1.807, 2.05) is 9.80 Å². The molecule has 0 aromatic rings. The predicted molar refractivity (Wildman–Crippen MR) is 81.7 cm³/mol. The fourth-order valence-corrected chi connectivity index (χ4v) is 3.86. The molecule has 2 amide bonds. The van der Waals surface area contributed by atoms with E-state index in [-0.39, 0.29) is 23.8 Å². The summed E-state index contributed by atoms with van der Waals surface area (Å²) in [6.45, 7) is 4.81. The second kappa shape index (κ2) is 6.37. The fraction of sp³-hybridized carbons (Fsp3) is 0.882. The van der Waals surface area contributed by atoms with Crippen molar-refractivity contribution < 1.29 is 9.59 Å². The molecule has 2 unspecified atom stereocenters. The lowest BCUT2D eigenvalue weighted by molar-refractivity contribution is -0.144. The van der Waals surface area contributed by atoms with E-state index in [4.69, 9.17) is 0 Å². The lowest BCUT2D eigenvalue weighted by atomic mass is 9.98. The fourth-order valence-electron chi connectivity index (χ4n) is 3.86. The van der Waals surface area contributed by atoms with Gasteiger partial charge in [0, 0.05) is 25.6 Å². The van der Waals surface area contributed by atoms with Gasteiger partial charge < -0.3 is 9.80 Å². The van der Waals surface area contributed by atoms with Crippen LogP contribution in [0.3, 0.4) is 0 Å². The molecule has 0 radical (unpaired) electrons. The van der Waals surface area contributed by atoms with Crippen LogP contribution in [0, 0.1) is 11.8 Å². The molecule has 0 bridgehead atoms. The van der Waals surface area contributed by atoms with Crippen molar-refractivity contribution in [1.82, 2.24) is 9.80 Å². The number of hydrogen-bond acceptors (Lipinski definition) is 2. The van der Waals surface area contributed by atoms with Crippen molar-refractivity contribution in [3.63, 3.8) is 0 Å². The second-order valence-corrected chi connectivity index (χ2v) is 6.99. The molecule has 3 rings (SSSR count). The van der Waals surface area contributed by atoms with E-state index in [9.17, 15) is 9.59 Å². The molecule has 1 saturated carbocycles. The molecule has 3 aliphatic rings. The Morgan fingerprint density at radius 1 is 0.905 bits per heavy atom. The maximum Gasteiger partial charge on any atom is 0.245 e. The third-order valence-corrected chi connectivity index (χ3v) is 5.48. The topological polar surface area (TPSA) is 40.6 Å². The maximum atomic E-state index is 12.8. The third-order valence-electron chi connectivity index (χ3n) is 5.48. The zero-order chi connectivity index (χ0) is 14.8. The van der Waals surface area contributed by atoms with Crippen LogP contribution in [0.2, 0.25) is 0 Å². The van der Waals surface area contributed by atoms with Crippen molar-refractivity contribution in [2.45, 2.75) is 64.3 Å². The van der Waals surface area contributed by atoms with Crippen LogP contribution in [0.4, 0.5) is 0 Å². The molecule has 3 fully saturated rings. The normalized spacial score (nSPS) is 30.3. The molecular weight excluding hydrogens is 264 g/mol. The summed E-state index contributed by atoms with van der Waals surface area (Å²) in [6, 6.07) is -0.156. The minimum absolute atomic E-state index is 0.156. The molecule has 2 saturated heterocycles. The Hall–Kier alpha value is -1.06. The van der Waals surface area contributed by atoms with Crippen molar-refractivity contribution >= 4 is 11.8 Å². The molecule has 118 valence electrons. The van der Waals surface area contributed by atoms with Crippen molar-refractivity contribution in [3.05, 3.63) is 0 Å². The molecule has 2 aliphatic heterocycles. The van der Waals surface area contributed by atoms with Gasteiger partial charge in [0.2, 0.25) is 11.8 Å². The summed E-state index contributed by atoms with van der Waals surface area (Å²) in [5.74, 6) is 1.47. The predicted octanol–water partition coefficient (Wildman–Crippen LogP) is 2.43. The van der Waals surface area contributed by atoms with E-state index in [1.165, 1.54) is 12.8 Å². The summed E-state index contributed by atoms with van der Waals surface area (Å²) < 4.78 is 0. The van der Waals surface area contributed by atoms with Gasteiger partial charge in [0.25, 0.3) is 0 Å². The molecule has 2 heterocycles. The van der Waals surface area contributed by atoms with Crippen LogP contribution < -0.4 is 0 Å². The highest BCUT2D eigenvalue weighted by Crippen LogP contribution is 2.34. The number of likely N-dealkylation sites (tertiary alicyclic amines) is 2. The molecule has 21 heavy (non-hydrogen) atoms. The number of hydrogen-bond donors (Lipinski definition) is 0. The standard InChI is InChI=1S/C17H28N2O2/c1-2-13-5-3-10-18(12-9-13)17(21)15-6-4-11-19(15)16(20)14-7-8-14/h13-15H,2-12H2,1H3. The third kappa shape index (κ3) is 3.24. The Morgan fingerprint density at radius 2 is 1.67 bits per heavy atom. The van der Waals surface area contributed by atoms with E-state index < -0.39 is 0 Å². The minimum Gasteiger partial charge on any atom is -0.341 e. The van der Waals surface area contributed by atoms with Crippen LogP contribution in [0.5, 0.6) is 0 Å². The van der Waals surface area contributed by atoms with E-state index in [1.54, 1.807) is 0 Å². The van der Waals surface area contributed by atoms with Crippen molar-refractivity contribution in [3.8, 4) is 0 Å². The minimum atomic E-state index is -0.156. The van der Waals surface area contributed by atoms with Crippen LogP contribution in [-0.2, 0) is 9.59 Å². The molecule has 0 spiro atoms. The molecule has 0 aromatic heterocycles. The highest BCUT2D eigenvalue weighted by atomic mass is 16.2. The number of carbonyl (C=O) groups is 2. The summed E-state index contributed by atoms with van der Waals surface area (Å²) in [6.07, 6.45) is 8.62. The van der Waals surface area contributed by atoms with Gasteiger partial charge >= 0.3 is 0 Å². The highest BCUT2D eigenvalue weighted by Gasteiger charge is 2.42. The molecule has 1 aliphatic carbocycles. The van der Waals surface area contributed by atoms with Gasteiger partial charge in [-0.25, -0.2) is 0 Å². The summed E-state index contributed by atoms with van der Waals surface area (Å²) in [5, 5.41) is 0. The summed E-state index contributed by atoms with van der Waals surface area (Å²) >= 11 is 0. The lowest BCUT2D eigenvalue weighted by Crippen LogP contribution is -2.48. The smallest absolute Gasteiger partial charge is 0.245 e. The number of amides is 2. The lowest BCUT2D eigenvalue weighted by Gasteiger charge is -2.29. The average molecular weight is 292 g/mol. The summed E-state index contributed by atoms with van der Waals surface area (Å²) in [4.78, 5) is 29.1. The molecular formula is C17H28N2O2. The molecule has 4 heteroatoms. The Balaban J connectivity index is 1.62. The van der Waals surface area contributed by atoms with Crippen LogP contribution >= 0.6 is 0 Å². The van der Waals surface area contributed by atoms with E-state index in [2.05, 4.69) is 6.92 Å². The van der Waals surface area contributed by atoms with Crippen LogP contribution in [0.1, 0.15) is 58.3 Å². The van der Waals surface area contributed by atoms with Gasteiger partial charge in [0.15, 0.2) is 0 Å². The molecule has 0 aromatic carbocycles. The Labute approximate surface area is 127 Å². The average Bonchev–Trinajstić information content (AvgIpc) is 3.27. The number of nitrogens with zero attached hydrogens (tertiary/aromatic N) is 2. The highest BCUT2D eigenvalue weighted by molar-refractivity contribution is 5.90. The Morgan fingerprint density at radius 3 is 2.38 bits per heavy atom. The van der Waals surface area contributed by atoms with Gasteiger partial charge in [-0.3, -0.25) is 9.59 Å². The Kier molecular flexibility index (Phi) is 4.51. The van der Waals surface area contributed by atoms with Gasteiger partial charge in [-0.15, -0.1) is 0 Å². The van der Waals surface area contributed by atoms with E-state index in [0.717, 1.165) is 64.1 Å². The number of rotatable bonds is 3.